The maximum Gasteiger partial charge on any atom is 0.266 e. The number of nitriles is 1. The summed E-state index contributed by atoms with van der Waals surface area (Å²) in [6.45, 7) is 6.06. The number of carbonyl (C=O) groups is 1. The molecule has 140 valence electrons. The van der Waals surface area contributed by atoms with E-state index in [-0.39, 0.29) is 11.7 Å². The van der Waals surface area contributed by atoms with Crippen LogP contribution in [0.5, 0.6) is 5.75 Å². The van der Waals surface area contributed by atoms with Crippen molar-refractivity contribution >= 4 is 29.3 Å². The molecule has 0 radical (unpaired) electrons. The monoisotopic (exact) mass is 382 g/mol. The summed E-state index contributed by atoms with van der Waals surface area (Å²) in [7, 11) is 0. The van der Waals surface area contributed by atoms with Crippen molar-refractivity contribution in [3.05, 3.63) is 64.2 Å². The van der Waals surface area contributed by atoms with E-state index in [4.69, 9.17) is 16.3 Å². The first-order valence-electron chi connectivity index (χ1n) is 8.95. The van der Waals surface area contributed by atoms with Crippen LogP contribution in [0.2, 0.25) is 5.02 Å². The Kier molecular flexibility index (Phi) is 7.45. The van der Waals surface area contributed by atoms with Gasteiger partial charge in [0.05, 0.1) is 11.1 Å². The van der Waals surface area contributed by atoms with Crippen molar-refractivity contribution < 1.29 is 9.53 Å². The Hall–Kier alpha value is -2.77. The lowest BCUT2D eigenvalue weighted by atomic mass is 10.1. The van der Waals surface area contributed by atoms with Crippen molar-refractivity contribution in [3.63, 3.8) is 0 Å². The molecule has 0 aliphatic carbocycles. The molecule has 0 aromatic heterocycles. The van der Waals surface area contributed by atoms with Gasteiger partial charge in [0.15, 0.2) is 0 Å². The number of hydrogen-bond acceptors (Lipinski definition) is 3. The summed E-state index contributed by atoms with van der Waals surface area (Å²) in [4.78, 5) is 12.4. The predicted octanol–water partition coefficient (Wildman–Crippen LogP) is 5.63. The average Bonchev–Trinajstić information content (AvgIpc) is 2.68. The maximum absolute atomic E-state index is 12.4. The first-order valence-corrected chi connectivity index (χ1v) is 9.32. The zero-order chi connectivity index (χ0) is 19.8. The lowest BCUT2D eigenvalue weighted by Gasteiger charge is -2.14. The number of carbonyl (C=O) groups excluding carboxylic acids is 1. The molecular weight excluding hydrogens is 360 g/mol. The first kappa shape index (κ1) is 20.5. The van der Waals surface area contributed by atoms with Crippen LogP contribution in [-0.4, -0.2) is 12.0 Å². The van der Waals surface area contributed by atoms with E-state index < -0.39 is 5.91 Å². The molecule has 1 atom stereocenters. The van der Waals surface area contributed by atoms with Gasteiger partial charge in [0, 0.05) is 5.69 Å². The van der Waals surface area contributed by atoms with E-state index in [0.29, 0.717) is 22.0 Å². The van der Waals surface area contributed by atoms with Gasteiger partial charge < -0.3 is 10.1 Å². The normalized spacial score (nSPS) is 12.2. The predicted molar refractivity (Wildman–Crippen MR) is 110 cm³/mol. The van der Waals surface area contributed by atoms with Crippen LogP contribution in [0, 0.1) is 11.3 Å². The minimum absolute atomic E-state index is 0.00114. The molecule has 0 aliphatic heterocycles. The van der Waals surface area contributed by atoms with Crippen molar-refractivity contribution in [2.24, 2.45) is 0 Å². The van der Waals surface area contributed by atoms with Gasteiger partial charge in [0.1, 0.15) is 17.4 Å². The minimum Gasteiger partial charge on any atom is -0.489 e. The van der Waals surface area contributed by atoms with E-state index >= 15 is 0 Å². The topological polar surface area (TPSA) is 62.1 Å². The quantitative estimate of drug-likeness (QED) is 0.499. The van der Waals surface area contributed by atoms with Gasteiger partial charge in [-0.1, -0.05) is 43.6 Å². The number of nitrogens with zero attached hydrogens (tertiary/aromatic N) is 1. The molecule has 0 saturated carbocycles. The van der Waals surface area contributed by atoms with Gasteiger partial charge in [0.2, 0.25) is 0 Å². The van der Waals surface area contributed by atoms with Crippen molar-refractivity contribution in [2.75, 3.05) is 5.32 Å². The molecule has 5 heteroatoms. The Bertz CT molecular complexity index is 867. The standard InChI is InChI=1S/C22H23ClN2O2/c1-4-15(3)27-21-11-8-17(13-20(21)23)12-18(14-24)22(26)25-19-9-6-16(5-2)7-10-19/h6-13,15H,4-5H2,1-3H3,(H,25,26)/b18-12-/t15-/m1/s1. The van der Waals surface area contributed by atoms with Crippen molar-refractivity contribution in [3.8, 4) is 11.8 Å². The highest BCUT2D eigenvalue weighted by atomic mass is 35.5. The second kappa shape index (κ2) is 9.80. The van der Waals surface area contributed by atoms with Crippen molar-refractivity contribution in [1.82, 2.24) is 0 Å². The molecule has 0 spiro atoms. The highest BCUT2D eigenvalue weighted by Gasteiger charge is 2.11. The molecule has 2 rings (SSSR count). The van der Waals surface area contributed by atoms with E-state index in [9.17, 15) is 10.1 Å². The zero-order valence-corrected chi connectivity index (χ0v) is 16.5. The molecule has 0 bridgehead atoms. The Morgan fingerprint density at radius 3 is 2.52 bits per heavy atom. The van der Waals surface area contributed by atoms with E-state index in [0.717, 1.165) is 12.8 Å². The molecule has 0 unspecified atom stereocenters. The number of nitrogens with one attached hydrogen (secondary N) is 1. The van der Waals surface area contributed by atoms with Crippen LogP contribution in [0.25, 0.3) is 6.08 Å². The van der Waals surface area contributed by atoms with Crippen molar-refractivity contribution in [1.29, 1.82) is 5.26 Å². The van der Waals surface area contributed by atoms with Gasteiger partial charge in [-0.3, -0.25) is 4.79 Å². The second-order valence-electron chi connectivity index (χ2n) is 6.20. The van der Waals surface area contributed by atoms with Crippen LogP contribution in [0.4, 0.5) is 5.69 Å². The van der Waals surface area contributed by atoms with Crippen molar-refractivity contribution in [2.45, 2.75) is 39.7 Å². The van der Waals surface area contributed by atoms with Crippen LogP contribution in [0.3, 0.4) is 0 Å². The molecule has 0 fully saturated rings. The molecule has 0 saturated heterocycles. The fourth-order valence-electron chi connectivity index (χ4n) is 2.34. The molecular formula is C22H23ClN2O2. The number of halogens is 1. The fraction of sp³-hybridized carbons (Fsp3) is 0.273. The van der Waals surface area contributed by atoms with Gasteiger partial charge in [-0.25, -0.2) is 0 Å². The highest BCUT2D eigenvalue weighted by Crippen LogP contribution is 2.27. The number of anilines is 1. The molecule has 2 aromatic rings. The maximum atomic E-state index is 12.4. The molecule has 1 N–H and O–H groups in total. The number of aryl methyl sites for hydroxylation is 1. The fourth-order valence-corrected chi connectivity index (χ4v) is 2.57. The van der Waals surface area contributed by atoms with Gasteiger partial charge in [0.25, 0.3) is 5.91 Å². The Balaban J connectivity index is 2.15. The average molecular weight is 383 g/mol. The summed E-state index contributed by atoms with van der Waals surface area (Å²) >= 11 is 6.26. The SMILES string of the molecule is CCc1ccc(NC(=O)/C(C#N)=C\c2ccc(O[C@H](C)CC)c(Cl)c2)cc1. The zero-order valence-electron chi connectivity index (χ0n) is 15.8. The Morgan fingerprint density at radius 1 is 1.26 bits per heavy atom. The van der Waals surface area contributed by atoms with Gasteiger partial charge in [-0.2, -0.15) is 5.26 Å². The Labute approximate surface area is 165 Å². The van der Waals surface area contributed by atoms with E-state index in [1.54, 1.807) is 18.2 Å². The summed E-state index contributed by atoms with van der Waals surface area (Å²) in [6, 6.07) is 14.7. The summed E-state index contributed by atoms with van der Waals surface area (Å²) in [5.74, 6) is 0.125. The summed E-state index contributed by atoms with van der Waals surface area (Å²) in [6.07, 6.45) is 3.36. The van der Waals surface area contributed by atoms with E-state index in [2.05, 4.69) is 12.2 Å². The van der Waals surface area contributed by atoms with Crippen LogP contribution >= 0.6 is 11.6 Å². The lowest BCUT2D eigenvalue weighted by molar-refractivity contribution is -0.112. The molecule has 0 heterocycles. The lowest BCUT2D eigenvalue weighted by Crippen LogP contribution is -2.13. The highest BCUT2D eigenvalue weighted by molar-refractivity contribution is 6.32. The number of ether oxygens (including phenoxy) is 1. The van der Waals surface area contributed by atoms with Gasteiger partial charge >= 0.3 is 0 Å². The second-order valence-corrected chi connectivity index (χ2v) is 6.61. The number of amides is 1. The largest absolute Gasteiger partial charge is 0.489 e. The molecule has 4 nitrogen and oxygen atoms in total. The van der Waals surface area contributed by atoms with Crippen LogP contribution < -0.4 is 10.1 Å². The van der Waals surface area contributed by atoms with Crippen LogP contribution in [-0.2, 0) is 11.2 Å². The smallest absolute Gasteiger partial charge is 0.266 e. The molecule has 1 amide bonds. The van der Waals surface area contributed by atoms with Gasteiger partial charge in [-0.15, -0.1) is 0 Å². The van der Waals surface area contributed by atoms with Crippen LogP contribution in [0.1, 0.15) is 38.3 Å². The molecule has 0 aliphatic rings. The minimum atomic E-state index is -0.460. The molecule has 27 heavy (non-hydrogen) atoms. The molecule has 2 aromatic carbocycles. The first-order chi connectivity index (χ1) is 13.0. The van der Waals surface area contributed by atoms with Crippen LogP contribution in [0.15, 0.2) is 48.0 Å². The number of benzene rings is 2. The summed E-state index contributed by atoms with van der Waals surface area (Å²) < 4.78 is 5.73. The summed E-state index contributed by atoms with van der Waals surface area (Å²) in [5, 5.41) is 12.5. The van der Waals surface area contributed by atoms with E-state index in [1.807, 2.05) is 44.2 Å². The van der Waals surface area contributed by atoms with Gasteiger partial charge in [-0.05, 0) is 61.2 Å². The third-order valence-corrected chi connectivity index (χ3v) is 4.45. The number of rotatable bonds is 7. The third-order valence-electron chi connectivity index (χ3n) is 4.16. The third kappa shape index (κ3) is 5.87. The summed E-state index contributed by atoms with van der Waals surface area (Å²) in [5.41, 5.74) is 2.48. The Morgan fingerprint density at radius 2 is 1.96 bits per heavy atom. The van der Waals surface area contributed by atoms with E-state index in [1.165, 1.54) is 11.6 Å². The number of hydrogen-bond donors (Lipinski definition) is 1.